The maximum atomic E-state index is 11.6. The molecule has 0 amide bonds. The Balaban J connectivity index is 2.60. The van der Waals surface area contributed by atoms with Crippen molar-refractivity contribution in [3.63, 3.8) is 0 Å². The Kier molecular flexibility index (Phi) is 2.57. The molecule has 0 radical (unpaired) electrons. The monoisotopic (exact) mass is 262 g/mol. The van der Waals surface area contributed by atoms with Gasteiger partial charge in [-0.3, -0.25) is 4.79 Å². The van der Waals surface area contributed by atoms with Crippen molar-refractivity contribution in [2.75, 3.05) is 0 Å². The summed E-state index contributed by atoms with van der Waals surface area (Å²) in [6, 6.07) is 7.49. The second-order valence-corrected chi connectivity index (χ2v) is 3.98. The van der Waals surface area contributed by atoms with Crippen LogP contribution in [0.3, 0.4) is 0 Å². The van der Waals surface area contributed by atoms with Crippen LogP contribution < -0.4 is 0 Å². The van der Waals surface area contributed by atoms with Gasteiger partial charge in [0.1, 0.15) is 0 Å². The van der Waals surface area contributed by atoms with E-state index < -0.39 is 0 Å². The summed E-state index contributed by atoms with van der Waals surface area (Å²) in [7, 11) is 0. The number of aromatic amines is 1. The molecule has 15 heavy (non-hydrogen) atoms. The summed E-state index contributed by atoms with van der Waals surface area (Å²) in [5.74, 6) is -0.151. The fourth-order valence-electron chi connectivity index (χ4n) is 1.52. The molecule has 0 bridgehead atoms. The highest BCUT2D eigenvalue weighted by atomic mass is 79.9. The summed E-state index contributed by atoms with van der Waals surface area (Å²) in [6.07, 6.45) is 1.56. The Morgan fingerprint density at radius 1 is 1.53 bits per heavy atom. The molecule has 1 aromatic heterocycles. The molecule has 0 atom stereocenters. The maximum absolute atomic E-state index is 11.6. The number of nitriles is 1. The number of halogens is 1. The van der Waals surface area contributed by atoms with Crippen LogP contribution in [0, 0.1) is 11.3 Å². The van der Waals surface area contributed by atoms with Crippen molar-refractivity contribution >= 4 is 32.6 Å². The molecule has 4 heteroatoms. The van der Waals surface area contributed by atoms with Gasteiger partial charge < -0.3 is 4.98 Å². The van der Waals surface area contributed by atoms with E-state index in [9.17, 15) is 4.79 Å². The van der Waals surface area contributed by atoms with E-state index in [4.69, 9.17) is 5.26 Å². The Labute approximate surface area is 94.8 Å². The van der Waals surface area contributed by atoms with Gasteiger partial charge in [0.15, 0.2) is 5.78 Å². The van der Waals surface area contributed by atoms with Gasteiger partial charge in [-0.15, -0.1) is 0 Å². The van der Waals surface area contributed by atoms with Gasteiger partial charge in [-0.05, 0) is 22.0 Å². The summed E-state index contributed by atoms with van der Waals surface area (Å²) in [5.41, 5.74) is 1.46. The van der Waals surface area contributed by atoms with Gasteiger partial charge in [0.2, 0.25) is 0 Å². The topological polar surface area (TPSA) is 56.6 Å². The van der Waals surface area contributed by atoms with E-state index in [0.717, 1.165) is 15.4 Å². The zero-order valence-electron chi connectivity index (χ0n) is 7.75. The number of aromatic nitrogens is 1. The first kappa shape index (κ1) is 9.94. The van der Waals surface area contributed by atoms with Crippen molar-refractivity contribution in [2.24, 2.45) is 0 Å². The molecule has 0 saturated heterocycles. The Hall–Kier alpha value is -1.60. The summed E-state index contributed by atoms with van der Waals surface area (Å²) in [5, 5.41) is 9.32. The fraction of sp³-hybridized carbons (Fsp3) is 0.0909. The molecule has 3 nitrogen and oxygen atoms in total. The van der Waals surface area contributed by atoms with Crippen LogP contribution in [-0.4, -0.2) is 10.8 Å². The van der Waals surface area contributed by atoms with Gasteiger partial charge in [0.05, 0.1) is 18.0 Å². The number of hydrogen-bond donors (Lipinski definition) is 1. The van der Waals surface area contributed by atoms with E-state index in [1.807, 2.05) is 24.3 Å². The highest BCUT2D eigenvalue weighted by molar-refractivity contribution is 9.10. The third kappa shape index (κ3) is 1.66. The molecule has 0 aliphatic heterocycles. The lowest BCUT2D eigenvalue weighted by molar-refractivity contribution is 0.0999. The quantitative estimate of drug-likeness (QED) is 0.846. The SMILES string of the molecule is N#CCC(=O)c1c[nH]c2c(Br)cccc12. The lowest BCUT2D eigenvalue weighted by atomic mass is 10.1. The first-order chi connectivity index (χ1) is 7.24. The van der Waals surface area contributed by atoms with Gasteiger partial charge in [-0.1, -0.05) is 12.1 Å². The first-order valence-electron chi connectivity index (χ1n) is 4.40. The second-order valence-electron chi connectivity index (χ2n) is 3.12. The third-order valence-corrected chi connectivity index (χ3v) is 2.87. The van der Waals surface area contributed by atoms with Crippen LogP contribution in [0.25, 0.3) is 10.9 Å². The number of ketones is 1. The smallest absolute Gasteiger partial charge is 0.179 e. The summed E-state index contributed by atoms with van der Waals surface area (Å²) < 4.78 is 0.913. The second kappa shape index (κ2) is 3.87. The summed E-state index contributed by atoms with van der Waals surface area (Å²) in [4.78, 5) is 14.6. The van der Waals surface area contributed by atoms with Gasteiger partial charge in [-0.2, -0.15) is 5.26 Å². The molecule has 1 aromatic carbocycles. The molecule has 2 aromatic rings. The molecule has 0 spiro atoms. The predicted molar refractivity (Wildman–Crippen MR) is 60.6 cm³/mol. The molecular weight excluding hydrogens is 256 g/mol. The van der Waals surface area contributed by atoms with Crippen molar-refractivity contribution in [3.05, 3.63) is 34.4 Å². The van der Waals surface area contributed by atoms with Gasteiger partial charge in [-0.25, -0.2) is 0 Å². The molecule has 0 saturated carbocycles. The van der Waals surface area contributed by atoms with Crippen LogP contribution in [0.2, 0.25) is 0 Å². The van der Waals surface area contributed by atoms with Crippen molar-refractivity contribution in [2.45, 2.75) is 6.42 Å². The number of para-hydroxylation sites is 1. The maximum Gasteiger partial charge on any atom is 0.179 e. The molecule has 74 valence electrons. The Morgan fingerprint density at radius 2 is 2.33 bits per heavy atom. The minimum absolute atomic E-state index is 0.0839. The van der Waals surface area contributed by atoms with Crippen LogP contribution in [0.1, 0.15) is 16.8 Å². The number of Topliss-reactive ketones (excluding diaryl/α,β-unsaturated/α-hetero) is 1. The van der Waals surface area contributed by atoms with Crippen molar-refractivity contribution in [1.29, 1.82) is 5.26 Å². The zero-order valence-corrected chi connectivity index (χ0v) is 9.34. The Bertz CT molecular complexity index is 565. The minimum atomic E-state index is -0.151. The molecule has 0 aliphatic rings. The number of carbonyl (C=O) groups is 1. The lowest BCUT2D eigenvalue weighted by Gasteiger charge is -1.95. The lowest BCUT2D eigenvalue weighted by Crippen LogP contribution is -1.95. The van der Waals surface area contributed by atoms with E-state index in [0.29, 0.717) is 5.56 Å². The van der Waals surface area contributed by atoms with Crippen LogP contribution in [0.15, 0.2) is 28.9 Å². The molecule has 0 aliphatic carbocycles. The van der Waals surface area contributed by atoms with Crippen molar-refractivity contribution in [3.8, 4) is 6.07 Å². The average molecular weight is 263 g/mol. The molecular formula is C11H7BrN2O. The van der Waals surface area contributed by atoms with Crippen LogP contribution >= 0.6 is 15.9 Å². The standard InChI is InChI=1S/C11H7BrN2O/c12-9-3-1-2-7-8(6-14-11(7)9)10(15)4-5-13/h1-3,6,14H,4H2. The number of hydrogen-bond acceptors (Lipinski definition) is 2. The predicted octanol–water partition coefficient (Wildman–Crippen LogP) is 3.03. The third-order valence-electron chi connectivity index (χ3n) is 2.20. The Morgan fingerprint density at radius 3 is 3.07 bits per heavy atom. The van der Waals surface area contributed by atoms with Crippen LogP contribution in [0.5, 0.6) is 0 Å². The molecule has 1 N–H and O–H groups in total. The number of carbonyl (C=O) groups excluding carboxylic acids is 1. The van der Waals surface area contributed by atoms with E-state index in [-0.39, 0.29) is 12.2 Å². The average Bonchev–Trinajstić information content (AvgIpc) is 2.63. The van der Waals surface area contributed by atoms with E-state index in [1.54, 1.807) is 6.20 Å². The van der Waals surface area contributed by atoms with Gasteiger partial charge in [0, 0.05) is 21.6 Å². The van der Waals surface area contributed by atoms with E-state index in [2.05, 4.69) is 20.9 Å². The van der Waals surface area contributed by atoms with Gasteiger partial charge in [0.25, 0.3) is 0 Å². The first-order valence-corrected chi connectivity index (χ1v) is 5.19. The fourth-order valence-corrected chi connectivity index (χ4v) is 2.00. The zero-order chi connectivity index (χ0) is 10.8. The van der Waals surface area contributed by atoms with Crippen LogP contribution in [0.4, 0.5) is 0 Å². The normalized spacial score (nSPS) is 10.1. The molecule has 1 heterocycles. The van der Waals surface area contributed by atoms with Gasteiger partial charge >= 0.3 is 0 Å². The number of benzene rings is 1. The van der Waals surface area contributed by atoms with Crippen LogP contribution in [-0.2, 0) is 0 Å². The van der Waals surface area contributed by atoms with E-state index >= 15 is 0 Å². The largest absolute Gasteiger partial charge is 0.360 e. The number of nitrogens with one attached hydrogen (secondary N) is 1. The molecule has 0 fully saturated rings. The highest BCUT2D eigenvalue weighted by Crippen LogP contribution is 2.26. The number of nitrogens with zero attached hydrogens (tertiary/aromatic N) is 1. The van der Waals surface area contributed by atoms with Crippen molar-refractivity contribution < 1.29 is 4.79 Å². The minimum Gasteiger partial charge on any atom is -0.360 e. The van der Waals surface area contributed by atoms with Crippen molar-refractivity contribution in [1.82, 2.24) is 4.98 Å². The molecule has 2 rings (SSSR count). The summed E-state index contributed by atoms with van der Waals surface area (Å²) in [6.45, 7) is 0. The number of H-pyrrole nitrogens is 1. The number of fused-ring (bicyclic) bond motifs is 1. The highest BCUT2D eigenvalue weighted by Gasteiger charge is 2.12. The number of rotatable bonds is 2. The summed E-state index contributed by atoms with van der Waals surface area (Å²) >= 11 is 3.39. The van der Waals surface area contributed by atoms with E-state index in [1.165, 1.54) is 0 Å². The molecule has 0 unspecified atom stereocenters.